The van der Waals surface area contributed by atoms with E-state index >= 15 is 0 Å². The molecule has 0 bridgehead atoms. The van der Waals surface area contributed by atoms with Crippen LogP contribution in [0.1, 0.15) is 43.0 Å². The Labute approximate surface area is 106 Å². The molecule has 1 aromatic rings. The van der Waals surface area contributed by atoms with Crippen LogP contribution in [0.4, 0.5) is 0 Å². The molecule has 0 spiro atoms. The summed E-state index contributed by atoms with van der Waals surface area (Å²) in [7, 11) is 0. The van der Waals surface area contributed by atoms with Gasteiger partial charge in [-0.3, -0.25) is 0 Å². The second-order valence-electron chi connectivity index (χ2n) is 4.98. The van der Waals surface area contributed by atoms with Crippen LogP contribution in [0.5, 0.6) is 0 Å². The summed E-state index contributed by atoms with van der Waals surface area (Å²) in [5.74, 6) is 0. The van der Waals surface area contributed by atoms with Gasteiger partial charge in [-0.15, -0.1) is 0 Å². The highest BCUT2D eigenvalue weighted by atomic mass is 14.9. The zero-order valence-electron chi connectivity index (χ0n) is 12.0. The van der Waals surface area contributed by atoms with Gasteiger partial charge in [-0.2, -0.15) is 0 Å². The normalized spacial score (nSPS) is 13.9. The van der Waals surface area contributed by atoms with E-state index in [0.717, 1.165) is 6.54 Å². The van der Waals surface area contributed by atoms with Crippen molar-refractivity contribution in [3.8, 4) is 0 Å². The topological polar surface area (TPSA) is 12.0 Å². The minimum absolute atomic E-state index is 0.445. The summed E-state index contributed by atoms with van der Waals surface area (Å²) in [6, 6.07) is 4.95. The van der Waals surface area contributed by atoms with E-state index < -0.39 is 0 Å². The molecule has 1 nitrogen and oxygen atoms in total. The Hall–Kier alpha value is -1.08. The molecule has 94 valence electrons. The first-order chi connectivity index (χ1) is 7.95. The molecule has 1 heteroatoms. The lowest BCUT2D eigenvalue weighted by atomic mass is 9.96. The largest absolute Gasteiger partial charge is 0.311 e. The van der Waals surface area contributed by atoms with Crippen molar-refractivity contribution in [1.29, 1.82) is 0 Å². The van der Waals surface area contributed by atoms with E-state index in [4.69, 9.17) is 0 Å². The van der Waals surface area contributed by atoms with E-state index in [1.165, 1.54) is 27.8 Å². The van der Waals surface area contributed by atoms with Gasteiger partial charge in [0.05, 0.1) is 0 Å². The van der Waals surface area contributed by atoms with Crippen molar-refractivity contribution in [3.05, 3.63) is 40.0 Å². The fourth-order valence-corrected chi connectivity index (χ4v) is 2.24. The van der Waals surface area contributed by atoms with E-state index in [1.807, 2.05) is 0 Å². The van der Waals surface area contributed by atoms with Gasteiger partial charge in [-0.05, 0) is 57.9 Å². The number of likely N-dealkylation sites (N-methyl/N-ethyl adjacent to an activating group) is 1. The lowest BCUT2D eigenvalue weighted by Crippen LogP contribution is -2.26. The Balaban J connectivity index is 3.05. The highest BCUT2D eigenvalue weighted by molar-refractivity contribution is 5.61. The van der Waals surface area contributed by atoms with Crippen LogP contribution in [-0.4, -0.2) is 12.6 Å². The van der Waals surface area contributed by atoms with Gasteiger partial charge < -0.3 is 5.32 Å². The molecule has 0 aromatic heterocycles. The molecule has 1 unspecified atom stereocenters. The number of rotatable bonds is 4. The van der Waals surface area contributed by atoms with Crippen LogP contribution < -0.4 is 5.32 Å². The molecule has 0 saturated heterocycles. The first kappa shape index (κ1) is 14.0. The Morgan fingerprint density at radius 2 is 1.76 bits per heavy atom. The lowest BCUT2D eigenvalue weighted by molar-refractivity contribution is 0.636. The van der Waals surface area contributed by atoms with Crippen molar-refractivity contribution >= 4 is 6.08 Å². The monoisotopic (exact) mass is 231 g/mol. The van der Waals surface area contributed by atoms with Crippen molar-refractivity contribution in [2.24, 2.45) is 0 Å². The second-order valence-corrected chi connectivity index (χ2v) is 4.98. The summed E-state index contributed by atoms with van der Waals surface area (Å²) in [5.41, 5.74) is 6.84. The summed E-state index contributed by atoms with van der Waals surface area (Å²) in [4.78, 5) is 0. The van der Waals surface area contributed by atoms with Gasteiger partial charge in [0, 0.05) is 6.04 Å². The molecule has 1 rings (SSSR count). The Morgan fingerprint density at radius 3 is 2.24 bits per heavy atom. The quantitative estimate of drug-likeness (QED) is 0.825. The van der Waals surface area contributed by atoms with Gasteiger partial charge in [-0.25, -0.2) is 0 Å². The van der Waals surface area contributed by atoms with Gasteiger partial charge in [-0.1, -0.05) is 36.3 Å². The molecule has 0 amide bonds. The summed E-state index contributed by atoms with van der Waals surface area (Å²) in [6.07, 6.45) is 2.32. The van der Waals surface area contributed by atoms with Crippen molar-refractivity contribution in [2.75, 3.05) is 6.54 Å². The molecule has 1 N–H and O–H groups in total. The molecule has 1 aromatic carbocycles. The van der Waals surface area contributed by atoms with Gasteiger partial charge in [0.25, 0.3) is 0 Å². The first-order valence-corrected chi connectivity index (χ1v) is 6.45. The summed E-state index contributed by atoms with van der Waals surface area (Å²) >= 11 is 0. The molecular formula is C16H25N. The van der Waals surface area contributed by atoms with Crippen LogP contribution in [0.2, 0.25) is 0 Å². The van der Waals surface area contributed by atoms with Gasteiger partial charge in [0.1, 0.15) is 0 Å². The standard InChI is InChI=1S/C16H25N/c1-7-17-15(6)12(3)10-16-13(4)8-11(2)9-14(16)5/h8-10,15,17H,7H2,1-6H3. The average Bonchev–Trinajstić information content (AvgIpc) is 2.23. The van der Waals surface area contributed by atoms with Crippen molar-refractivity contribution in [3.63, 3.8) is 0 Å². The molecular weight excluding hydrogens is 206 g/mol. The summed E-state index contributed by atoms with van der Waals surface area (Å²) in [6.45, 7) is 14.1. The second kappa shape index (κ2) is 6.02. The number of benzene rings is 1. The zero-order chi connectivity index (χ0) is 13.0. The molecule has 0 saturated carbocycles. The van der Waals surface area contributed by atoms with Crippen LogP contribution >= 0.6 is 0 Å². The van der Waals surface area contributed by atoms with E-state index in [9.17, 15) is 0 Å². The molecule has 0 radical (unpaired) electrons. The predicted octanol–water partition coefficient (Wildman–Crippen LogP) is 4.01. The highest BCUT2D eigenvalue weighted by Gasteiger charge is 2.05. The van der Waals surface area contributed by atoms with Gasteiger partial charge >= 0.3 is 0 Å². The fraction of sp³-hybridized carbons (Fsp3) is 0.500. The maximum absolute atomic E-state index is 3.45. The number of nitrogens with one attached hydrogen (secondary N) is 1. The molecule has 0 fully saturated rings. The molecule has 1 atom stereocenters. The maximum Gasteiger partial charge on any atom is 0.0251 e. The molecule has 0 heterocycles. The van der Waals surface area contributed by atoms with Crippen LogP contribution in [0.3, 0.4) is 0 Å². The molecule has 0 aliphatic carbocycles. The van der Waals surface area contributed by atoms with E-state index in [2.05, 4.69) is 65.1 Å². The minimum atomic E-state index is 0.445. The highest BCUT2D eigenvalue weighted by Crippen LogP contribution is 2.20. The third kappa shape index (κ3) is 3.71. The van der Waals surface area contributed by atoms with Crippen LogP contribution in [0.25, 0.3) is 6.08 Å². The molecule has 0 aliphatic rings. The lowest BCUT2D eigenvalue weighted by Gasteiger charge is -2.15. The smallest absolute Gasteiger partial charge is 0.0251 e. The van der Waals surface area contributed by atoms with Crippen LogP contribution in [0, 0.1) is 20.8 Å². The fourth-order valence-electron chi connectivity index (χ4n) is 2.24. The average molecular weight is 231 g/mol. The predicted molar refractivity (Wildman–Crippen MR) is 77.4 cm³/mol. The number of hydrogen-bond acceptors (Lipinski definition) is 1. The van der Waals surface area contributed by atoms with Crippen molar-refractivity contribution in [2.45, 2.75) is 47.6 Å². The summed E-state index contributed by atoms with van der Waals surface area (Å²) in [5, 5.41) is 3.45. The SMILES string of the molecule is CCNC(C)C(C)=Cc1c(C)cc(C)cc1C. The van der Waals surface area contributed by atoms with Gasteiger partial charge in [0.15, 0.2) is 0 Å². The van der Waals surface area contributed by atoms with Gasteiger partial charge in [0.2, 0.25) is 0 Å². The number of hydrogen-bond donors (Lipinski definition) is 1. The third-order valence-corrected chi connectivity index (χ3v) is 3.30. The van der Waals surface area contributed by atoms with Crippen LogP contribution in [0.15, 0.2) is 17.7 Å². The van der Waals surface area contributed by atoms with E-state index in [-0.39, 0.29) is 0 Å². The molecule has 17 heavy (non-hydrogen) atoms. The van der Waals surface area contributed by atoms with Crippen LogP contribution in [-0.2, 0) is 0 Å². The Kier molecular flexibility index (Phi) is 4.95. The Bertz CT molecular complexity index is 393. The van der Waals surface area contributed by atoms with Crippen molar-refractivity contribution in [1.82, 2.24) is 5.32 Å². The Morgan fingerprint density at radius 1 is 1.24 bits per heavy atom. The van der Waals surface area contributed by atoms with Crippen molar-refractivity contribution < 1.29 is 0 Å². The zero-order valence-corrected chi connectivity index (χ0v) is 12.0. The first-order valence-electron chi connectivity index (χ1n) is 6.45. The maximum atomic E-state index is 3.45. The van der Waals surface area contributed by atoms with E-state index in [0.29, 0.717) is 6.04 Å². The molecule has 0 aliphatic heterocycles. The van der Waals surface area contributed by atoms with E-state index in [1.54, 1.807) is 0 Å². The third-order valence-electron chi connectivity index (χ3n) is 3.30. The summed E-state index contributed by atoms with van der Waals surface area (Å²) < 4.78 is 0. The number of aryl methyl sites for hydroxylation is 3. The minimum Gasteiger partial charge on any atom is -0.311 e.